The van der Waals surface area contributed by atoms with Gasteiger partial charge in [0.1, 0.15) is 12.4 Å². The van der Waals surface area contributed by atoms with Crippen LogP contribution in [-0.4, -0.2) is 17.1 Å². The maximum Gasteiger partial charge on any atom is 0.360 e. The quantitative estimate of drug-likeness (QED) is 0.796. The van der Waals surface area contributed by atoms with E-state index < -0.39 is 0 Å². The molecule has 1 aromatic carbocycles. The number of esters is 1. The van der Waals surface area contributed by atoms with Gasteiger partial charge in [-0.3, -0.25) is 0 Å². The SMILES string of the molecule is O=C(OC1CCCCC1)c1coc(-c2ccccc2)n1. The first-order valence-corrected chi connectivity index (χ1v) is 7.05. The highest BCUT2D eigenvalue weighted by Gasteiger charge is 2.21. The monoisotopic (exact) mass is 271 g/mol. The fraction of sp³-hybridized carbons (Fsp3) is 0.375. The smallest absolute Gasteiger partial charge is 0.360 e. The predicted molar refractivity (Wildman–Crippen MR) is 74.2 cm³/mol. The molecule has 0 bridgehead atoms. The van der Waals surface area contributed by atoms with Crippen molar-refractivity contribution in [2.45, 2.75) is 38.2 Å². The number of nitrogens with zero attached hydrogens (tertiary/aromatic N) is 1. The summed E-state index contributed by atoms with van der Waals surface area (Å²) in [4.78, 5) is 16.2. The van der Waals surface area contributed by atoms with E-state index in [1.54, 1.807) is 0 Å². The lowest BCUT2D eigenvalue weighted by atomic mass is 9.98. The van der Waals surface area contributed by atoms with Crippen LogP contribution in [0.5, 0.6) is 0 Å². The summed E-state index contributed by atoms with van der Waals surface area (Å²) in [6, 6.07) is 9.51. The zero-order valence-corrected chi connectivity index (χ0v) is 11.2. The van der Waals surface area contributed by atoms with Crippen molar-refractivity contribution in [1.29, 1.82) is 0 Å². The van der Waals surface area contributed by atoms with Crippen LogP contribution in [0.15, 0.2) is 41.0 Å². The van der Waals surface area contributed by atoms with Gasteiger partial charge >= 0.3 is 5.97 Å². The van der Waals surface area contributed by atoms with Gasteiger partial charge in [-0.05, 0) is 37.8 Å². The van der Waals surface area contributed by atoms with Gasteiger partial charge in [0.2, 0.25) is 5.89 Å². The molecule has 3 rings (SSSR count). The third-order valence-electron chi connectivity index (χ3n) is 3.56. The molecule has 0 N–H and O–H groups in total. The number of carbonyl (C=O) groups excluding carboxylic acids is 1. The minimum Gasteiger partial charge on any atom is -0.458 e. The molecule has 0 radical (unpaired) electrons. The van der Waals surface area contributed by atoms with Crippen LogP contribution in [0, 0.1) is 0 Å². The van der Waals surface area contributed by atoms with Crippen molar-refractivity contribution in [2.75, 3.05) is 0 Å². The first kappa shape index (κ1) is 12.9. The summed E-state index contributed by atoms with van der Waals surface area (Å²) >= 11 is 0. The lowest BCUT2D eigenvalue weighted by Crippen LogP contribution is -2.21. The number of carbonyl (C=O) groups is 1. The number of ether oxygens (including phenoxy) is 1. The minimum absolute atomic E-state index is 0.0353. The van der Waals surface area contributed by atoms with Crippen molar-refractivity contribution in [1.82, 2.24) is 4.98 Å². The number of hydrogen-bond donors (Lipinski definition) is 0. The maximum atomic E-state index is 12.0. The molecule has 0 unspecified atom stereocenters. The highest BCUT2D eigenvalue weighted by atomic mass is 16.5. The van der Waals surface area contributed by atoms with Gasteiger partial charge in [0.05, 0.1) is 0 Å². The largest absolute Gasteiger partial charge is 0.458 e. The molecular formula is C16H17NO3. The molecule has 4 heteroatoms. The molecule has 1 aliphatic carbocycles. The topological polar surface area (TPSA) is 52.3 Å². The van der Waals surface area contributed by atoms with Gasteiger partial charge in [-0.2, -0.15) is 0 Å². The van der Waals surface area contributed by atoms with Crippen LogP contribution >= 0.6 is 0 Å². The van der Waals surface area contributed by atoms with E-state index in [4.69, 9.17) is 9.15 Å². The van der Waals surface area contributed by atoms with E-state index in [-0.39, 0.29) is 17.8 Å². The average Bonchev–Trinajstić information content (AvgIpc) is 2.99. The Balaban J connectivity index is 1.68. The maximum absolute atomic E-state index is 12.0. The molecule has 2 aromatic rings. The molecule has 1 heterocycles. The lowest BCUT2D eigenvalue weighted by Gasteiger charge is -2.21. The van der Waals surface area contributed by atoms with Gasteiger partial charge in [-0.1, -0.05) is 24.6 Å². The summed E-state index contributed by atoms with van der Waals surface area (Å²) in [5.74, 6) is 0.0593. The fourth-order valence-electron chi connectivity index (χ4n) is 2.48. The first-order valence-electron chi connectivity index (χ1n) is 7.05. The Labute approximate surface area is 117 Å². The highest BCUT2D eigenvalue weighted by Crippen LogP contribution is 2.22. The predicted octanol–water partition coefficient (Wildman–Crippen LogP) is 3.83. The lowest BCUT2D eigenvalue weighted by molar-refractivity contribution is 0.0204. The molecule has 104 valence electrons. The van der Waals surface area contributed by atoms with Crippen molar-refractivity contribution in [3.8, 4) is 11.5 Å². The van der Waals surface area contributed by atoms with E-state index >= 15 is 0 Å². The Hall–Kier alpha value is -2.10. The molecule has 0 saturated heterocycles. The molecule has 1 fully saturated rings. The Bertz CT molecular complexity index is 570. The van der Waals surface area contributed by atoms with Gasteiger partial charge in [0.25, 0.3) is 0 Å². The van der Waals surface area contributed by atoms with Crippen LogP contribution < -0.4 is 0 Å². The van der Waals surface area contributed by atoms with Crippen molar-refractivity contribution < 1.29 is 13.9 Å². The summed E-state index contributed by atoms with van der Waals surface area (Å²) in [6.45, 7) is 0. The molecule has 20 heavy (non-hydrogen) atoms. The number of hydrogen-bond acceptors (Lipinski definition) is 4. The van der Waals surface area contributed by atoms with Crippen molar-refractivity contribution in [3.05, 3.63) is 42.3 Å². The minimum atomic E-state index is -0.386. The molecule has 0 aliphatic heterocycles. The number of rotatable bonds is 3. The van der Waals surface area contributed by atoms with Gasteiger partial charge in [-0.15, -0.1) is 0 Å². The third-order valence-corrected chi connectivity index (χ3v) is 3.56. The zero-order valence-electron chi connectivity index (χ0n) is 11.2. The summed E-state index contributed by atoms with van der Waals surface area (Å²) in [6.07, 6.45) is 6.81. The number of benzene rings is 1. The average molecular weight is 271 g/mol. The summed E-state index contributed by atoms with van der Waals surface area (Å²) in [7, 11) is 0. The standard InChI is InChI=1S/C16H17NO3/c18-16(20-13-9-5-2-6-10-13)14-11-19-15(17-14)12-7-3-1-4-8-12/h1,3-4,7-8,11,13H,2,5-6,9-10H2. The van der Waals surface area contributed by atoms with E-state index in [9.17, 15) is 4.79 Å². The first-order chi connectivity index (χ1) is 9.83. The van der Waals surface area contributed by atoms with Gasteiger partial charge < -0.3 is 9.15 Å². The fourth-order valence-corrected chi connectivity index (χ4v) is 2.48. The van der Waals surface area contributed by atoms with Crippen molar-refractivity contribution in [3.63, 3.8) is 0 Å². The second-order valence-corrected chi connectivity index (χ2v) is 5.07. The Morgan fingerprint density at radius 2 is 1.90 bits per heavy atom. The molecule has 1 aromatic heterocycles. The van der Waals surface area contributed by atoms with Gasteiger partial charge in [-0.25, -0.2) is 9.78 Å². The summed E-state index contributed by atoms with van der Waals surface area (Å²) in [5.41, 5.74) is 1.10. The van der Waals surface area contributed by atoms with Crippen LogP contribution in [0.3, 0.4) is 0 Å². The molecule has 0 amide bonds. The normalized spacial score (nSPS) is 16.0. The van der Waals surface area contributed by atoms with Crippen LogP contribution in [-0.2, 0) is 4.74 Å². The van der Waals surface area contributed by atoms with Gasteiger partial charge in [0.15, 0.2) is 5.69 Å². The molecule has 4 nitrogen and oxygen atoms in total. The second-order valence-electron chi connectivity index (χ2n) is 5.07. The van der Waals surface area contributed by atoms with E-state index in [2.05, 4.69) is 4.98 Å². The summed E-state index contributed by atoms with van der Waals surface area (Å²) in [5, 5.41) is 0. The molecule has 0 spiro atoms. The van der Waals surface area contributed by atoms with E-state index in [1.165, 1.54) is 12.7 Å². The molecule has 1 saturated carbocycles. The number of aromatic nitrogens is 1. The van der Waals surface area contributed by atoms with Crippen LogP contribution in [0.25, 0.3) is 11.5 Å². The number of oxazole rings is 1. The molecule has 0 atom stereocenters. The summed E-state index contributed by atoms with van der Waals surface area (Å²) < 4.78 is 10.8. The zero-order chi connectivity index (χ0) is 13.8. The van der Waals surface area contributed by atoms with Crippen LogP contribution in [0.2, 0.25) is 0 Å². The Kier molecular flexibility index (Phi) is 3.81. The van der Waals surface area contributed by atoms with Crippen molar-refractivity contribution in [2.24, 2.45) is 0 Å². The molecule has 1 aliphatic rings. The third kappa shape index (κ3) is 2.90. The van der Waals surface area contributed by atoms with Crippen LogP contribution in [0.1, 0.15) is 42.6 Å². The van der Waals surface area contributed by atoms with E-state index in [1.807, 2.05) is 30.3 Å². The van der Waals surface area contributed by atoms with Gasteiger partial charge in [0, 0.05) is 5.56 Å². The second kappa shape index (κ2) is 5.90. The Morgan fingerprint density at radius 1 is 1.15 bits per heavy atom. The Morgan fingerprint density at radius 3 is 2.65 bits per heavy atom. The molecular weight excluding hydrogens is 254 g/mol. The highest BCUT2D eigenvalue weighted by molar-refractivity contribution is 5.87. The van der Waals surface area contributed by atoms with Crippen LogP contribution in [0.4, 0.5) is 0 Å². The van der Waals surface area contributed by atoms with E-state index in [0.717, 1.165) is 31.2 Å². The van der Waals surface area contributed by atoms with E-state index in [0.29, 0.717) is 5.89 Å². The van der Waals surface area contributed by atoms with Crippen molar-refractivity contribution >= 4 is 5.97 Å².